The van der Waals surface area contributed by atoms with Gasteiger partial charge in [0.1, 0.15) is 6.29 Å². The third-order valence-corrected chi connectivity index (χ3v) is 9.94. The molecule has 0 aliphatic heterocycles. The topological polar surface area (TPSA) is 128 Å². The zero-order valence-electron chi connectivity index (χ0n) is 17.1. The molecule has 0 atom stereocenters. The number of rotatable bonds is 9. The van der Waals surface area contributed by atoms with E-state index in [1.54, 1.807) is 12.1 Å². The number of hydrogen-bond acceptors (Lipinski definition) is 7. The first-order chi connectivity index (χ1) is 15.7. The summed E-state index contributed by atoms with van der Waals surface area (Å²) >= 11 is 0. The molecule has 0 aliphatic rings. The molecule has 33 heavy (non-hydrogen) atoms. The molecule has 0 fully saturated rings. The van der Waals surface area contributed by atoms with Crippen molar-refractivity contribution in [2.75, 3.05) is 0 Å². The summed E-state index contributed by atoms with van der Waals surface area (Å²) in [6, 6.07) is 19.5. The van der Waals surface area contributed by atoms with E-state index < -0.39 is 35.6 Å². The van der Waals surface area contributed by atoms with Crippen LogP contribution in [-0.2, 0) is 24.5 Å². The van der Waals surface area contributed by atoms with E-state index in [1.165, 1.54) is 78.9 Å². The summed E-state index contributed by atoms with van der Waals surface area (Å²) in [6.07, 6.45) is 1.09. The number of nitrogens with zero attached hydrogens (tertiary/aromatic N) is 1. The van der Waals surface area contributed by atoms with Crippen molar-refractivity contribution >= 4 is 37.7 Å². The van der Waals surface area contributed by atoms with E-state index in [0.717, 1.165) is 0 Å². The Balaban J connectivity index is 2.09. The molecule has 8 nitrogen and oxygen atoms in total. The second-order valence-electron chi connectivity index (χ2n) is 7.04. The standard InChI is InChI=1S/C23H19NO7S2/c25-17-19(15-18-11-13-20(14-12-18)24(26)27)16-23(32(28,29)21-7-3-1-4-8-21)33(30,31)22-9-5-2-6-10-22/h1-15,17,23H,16H2/b19-15-. The van der Waals surface area contributed by atoms with Gasteiger partial charge in [0.15, 0.2) is 24.3 Å². The fraction of sp³-hybridized carbons (Fsp3) is 0.0870. The molecule has 0 heterocycles. The van der Waals surface area contributed by atoms with Gasteiger partial charge in [0.25, 0.3) is 5.69 Å². The number of benzene rings is 3. The van der Waals surface area contributed by atoms with Crippen LogP contribution in [0.3, 0.4) is 0 Å². The van der Waals surface area contributed by atoms with Crippen molar-refractivity contribution in [3.63, 3.8) is 0 Å². The molecule has 0 radical (unpaired) electrons. The predicted octanol–water partition coefficient (Wildman–Crippen LogP) is 3.84. The minimum absolute atomic E-state index is 0.0899. The zero-order valence-corrected chi connectivity index (χ0v) is 18.8. The molecule has 0 aliphatic carbocycles. The molecule has 170 valence electrons. The number of carbonyl (C=O) groups excluding carboxylic acids is 1. The quantitative estimate of drug-likeness (QED) is 0.195. The van der Waals surface area contributed by atoms with Crippen LogP contribution in [0.4, 0.5) is 5.69 Å². The number of non-ortho nitro benzene ring substituents is 1. The van der Waals surface area contributed by atoms with Crippen LogP contribution in [0, 0.1) is 10.1 Å². The predicted molar refractivity (Wildman–Crippen MR) is 123 cm³/mol. The van der Waals surface area contributed by atoms with Gasteiger partial charge in [0, 0.05) is 18.6 Å². The summed E-state index contributed by atoms with van der Waals surface area (Å²) in [5, 5.41) is 10.8. The summed E-state index contributed by atoms with van der Waals surface area (Å²) in [5.41, 5.74) is 0.138. The minimum atomic E-state index is -4.40. The Morgan fingerprint density at radius 3 is 1.64 bits per heavy atom. The van der Waals surface area contributed by atoms with Gasteiger partial charge in [-0.1, -0.05) is 36.4 Å². The maximum absolute atomic E-state index is 13.4. The van der Waals surface area contributed by atoms with Gasteiger partial charge >= 0.3 is 0 Å². The van der Waals surface area contributed by atoms with Crippen LogP contribution in [0.25, 0.3) is 6.08 Å². The van der Waals surface area contributed by atoms with E-state index >= 15 is 0 Å². The van der Waals surface area contributed by atoms with Crippen molar-refractivity contribution in [1.29, 1.82) is 0 Å². The Morgan fingerprint density at radius 1 is 0.788 bits per heavy atom. The van der Waals surface area contributed by atoms with Gasteiger partial charge in [0.2, 0.25) is 0 Å². The second-order valence-corrected chi connectivity index (χ2v) is 11.6. The molecule has 0 amide bonds. The van der Waals surface area contributed by atoms with Crippen molar-refractivity contribution in [1.82, 2.24) is 0 Å². The summed E-state index contributed by atoms with van der Waals surface area (Å²) in [7, 11) is -8.80. The summed E-state index contributed by atoms with van der Waals surface area (Å²) < 4.78 is 51.6. The fourth-order valence-corrected chi connectivity index (χ4v) is 7.65. The van der Waals surface area contributed by atoms with Crippen LogP contribution in [0.15, 0.2) is 100 Å². The molecule has 0 spiro atoms. The van der Waals surface area contributed by atoms with Crippen LogP contribution in [0.1, 0.15) is 12.0 Å². The van der Waals surface area contributed by atoms with E-state index in [0.29, 0.717) is 11.8 Å². The molecular formula is C23H19NO7S2. The molecule has 3 aromatic rings. The van der Waals surface area contributed by atoms with Gasteiger partial charge in [-0.25, -0.2) is 16.8 Å². The lowest BCUT2D eigenvalue weighted by Crippen LogP contribution is -2.31. The normalized spacial score (nSPS) is 12.5. The number of sulfone groups is 2. The Hall–Kier alpha value is -3.63. The molecular weight excluding hydrogens is 466 g/mol. The molecule has 3 aromatic carbocycles. The first-order valence-corrected chi connectivity index (χ1v) is 12.7. The number of allylic oxidation sites excluding steroid dienone is 1. The first-order valence-electron chi connectivity index (χ1n) is 9.64. The molecule has 10 heteroatoms. The highest BCUT2D eigenvalue weighted by molar-refractivity contribution is 8.09. The highest BCUT2D eigenvalue weighted by Gasteiger charge is 2.40. The first kappa shape index (κ1) is 24.0. The Morgan fingerprint density at radius 2 is 1.24 bits per heavy atom. The van der Waals surface area contributed by atoms with E-state index in [1.807, 2.05) is 0 Å². The lowest BCUT2D eigenvalue weighted by atomic mass is 10.1. The van der Waals surface area contributed by atoms with Gasteiger partial charge in [-0.05, 0) is 53.6 Å². The van der Waals surface area contributed by atoms with Crippen molar-refractivity contribution in [2.24, 2.45) is 0 Å². The summed E-state index contributed by atoms with van der Waals surface area (Å²) in [4.78, 5) is 21.7. The van der Waals surface area contributed by atoms with E-state index in [4.69, 9.17) is 0 Å². The third-order valence-electron chi connectivity index (χ3n) is 4.85. The average Bonchev–Trinajstić information content (AvgIpc) is 2.82. The molecule has 0 saturated heterocycles. The minimum Gasteiger partial charge on any atom is -0.298 e. The fourth-order valence-electron chi connectivity index (χ4n) is 3.15. The molecule has 0 bridgehead atoms. The van der Waals surface area contributed by atoms with Gasteiger partial charge in [0.05, 0.1) is 14.7 Å². The smallest absolute Gasteiger partial charge is 0.269 e. The van der Waals surface area contributed by atoms with Crippen LogP contribution in [0.2, 0.25) is 0 Å². The van der Waals surface area contributed by atoms with Gasteiger partial charge in [-0.3, -0.25) is 14.9 Å². The Labute approximate surface area is 191 Å². The molecule has 0 saturated carbocycles. The summed E-state index contributed by atoms with van der Waals surface area (Å²) in [5.74, 6) is 0. The Kier molecular flexibility index (Phi) is 7.19. The Bertz CT molecular complexity index is 1310. The maximum Gasteiger partial charge on any atom is 0.269 e. The van der Waals surface area contributed by atoms with Gasteiger partial charge in [-0.15, -0.1) is 0 Å². The van der Waals surface area contributed by atoms with Crippen molar-refractivity contribution in [2.45, 2.75) is 20.8 Å². The van der Waals surface area contributed by atoms with Crippen LogP contribution in [-0.4, -0.2) is 32.6 Å². The molecule has 0 unspecified atom stereocenters. The highest BCUT2D eigenvalue weighted by atomic mass is 32.3. The molecule has 3 rings (SSSR count). The summed E-state index contributed by atoms with van der Waals surface area (Å²) in [6.45, 7) is 0. The van der Waals surface area contributed by atoms with E-state index in [2.05, 4.69) is 0 Å². The monoisotopic (exact) mass is 485 g/mol. The number of aldehydes is 1. The third kappa shape index (κ3) is 5.41. The maximum atomic E-state index is 13.4. The number of nitro benzene ring substituents is 1. The number of hydrogen-bond donors (Lipinski definition) is 0. The molecule has 0 N–H and O–H groups in total. The number of nitro groups is 1. The van der Waals surface area contributed by atoms with Crippen LogP contribution < -0.4 is 0 Å². The lowest BCUT2D eigenvalue weighted by molar-refractivity contribution is -0.384. The van der Waals surface area contributed by atoms with Crippen molar-refractivity contribution in [3.05, 3.63) is 106 Å². The SMILES string of the molecule is O=C/C(=C\c1ccc([N+](=O)[O-])cc1)CC(S(=O)(=O)c1ccccc1)S(=O)(=O)c1ccccc1. The lowest BCUT2D eigenvalue weighted by Gasteiger charge is -2.19. The highest BCUT2D eigenvalue weighted by Crippen LogP contribution is 2.30. The van der Waals surface area contributed by atoms with Crippen molar-refractivity contribution in [3.8, 4) is 0 Å². The van der Waals surface area contributed by atoms with E-state index in [-0.39, 0.29) is 21.1 Å². The van der Waals surface area contributed by atoms with E-state index in [9.17, 15) is 31.7 Å². The van der Waals surface area contributed by atoms with Gasteiger partial charge in [-0.2, -0.15) is 0 Å². The van der Waals surface area contributed by atoms with Crippen LogP contribution >= 0.6 is 0 Å². The largest absolute Gasteiger partial charge is 0.298 e. The molecule has 0 aromatic heterocycles. The zero-order chi connectivity index (χ0) is 24.1. The van der Waals surface area contributed by atoms with Crippen LogP contribution in [0.5, 0.6) is 0 Å². The van der Waals surface area contributed by atoms with Gasteiger partial charge < -0.3 is 0 Å². The average molecular weight is 486 g/mol. The second kappa shape index (κ2) is 9.88. The van der Waals surface area contributed by atoms with Crippen molar-refractivity contribution < 1.29 is 26.6 Å². The number of carbonyl (C=O) groups is 1.